The Kier molecular flexibility index (Phi) is 5.45. The lowest BCUT2D eigenvalue weighted by Crippen LogP contribution is -2.46. The number of hydrogen-bond acceptors (Lipinski definition) is 5. The Hall–Kier alpha value is -2.79. The fraction of sp³-hybridized carbons (Fsp3) is 0.400. The molecule has 0 radical (unpaired) electrons. The van der Waals surface area contributed by atoms with E-state index >= 15 is 0 Å². The molecule has 1 fully saturated rings. The van der Waals surface area contributed by atoms with Crippen LogP contribution in [0.5, 0.6) is 5.75 Å². The molecule has 2 aromatic carbocycles. The van der Waals surface area contributed by atoms with E-state index in [1.54, 1.807) is 0 Å². The molecular formula is C25H28N2O3. The highest BCUT2D eigenvalue weighted by Gasteiger charge is 2.20. The van der Waals surface area contributed by atoms with E-state index in [0.29, 0.717) is 12.2 Å². The van der Waals surface area contributed by atoms with Gasteiger partial charge in [0, 0.05) is 55.4 Å². The summed E-state index contributed by atoms with van der Waals surface area (Å²) in [5.41, 5.74) is 3.82. The zero-order valence-electron chi connectivity index (χ0n) is 17.3. The summed E-state index contributed by atoms with van der Waals surface area (Å²) < 4.78 is 11.5. The first-order valence-electron chi connectivity index (χ1n) is 11.0. The summed E-state index contributed by atoms with van der Waals surface area (Å²) in [4.78, 5) is 17.1. The fourth-order valence-electron chi connectivity index (χ4n) is 4.70. The second kappa shape index (κ2) is 8.52. The van der Waals surface area contributed by atoms with Crippen molar-refractivity contribution >= 4 is 16.7 Å². The van der Waals surface area contributed by atoms with Gasteiger partial charge >= 0.3 is 5.63 Å². The highest BCUT2D eigenvalue weighted by molar-refractivity contribution is 5.83. The van der Waals surface area contributed by atoms with Gasteiger partial charge in [-0.2, -0.15) is 0 Å². The van der Waals surface area contributed by atoms with Gasteiger partial charge in [-0.3, -0.25) is 4.90 Å². The Morgan fingerprint density at radius 2 is 1.73 bits per heavy atom. The van der Waals surface area contributed by atoms with E-state index < -0.39 is 0 Å². The van der Waals surface area contributed by atoms with E-state index in [0.717, 1.165) is 75.1 Å². The molecule has 2 aliphatic rings. The predicted molar refractivity (Wildman–Crippen MR) is 120 cm³/mol. The van der Waals surface area contributed by atoms with Gasteiger partial charge in [0.15, 0.2) is 0 Å². The molecule has 1 aliphatic carbocycles. The number of aryl methyl sites for hydroxylation is 1. The molecule has 0 amide bonds. The van der Waals surface area contributed by atoms with Crippen LogP contribution in [0.2, 0.25) is 0 Å². The third kappa shape index (κ3) is 3.94. The minimum absolute atomic E-state index is 0.179. The van der Waals surface area contributed by atoms with Gasteiger partial charge in [-0.15, -0.1) is 0 Å². The maximum Gasteiger partial charge on any atom is 0.339 e. The lowest BCUT2D eigenvalue weighted by Gasteiger charge is -2.36. The van der Waals surface area contributed by atoms with Crippen LogP contribution in [-0.2, 0) is 12.8 Å². The normalized spacial score (nSPS) is 16.7. The lowest BCUT2D eigenvalue weighted by atomic mass is 10.1. The molecule has 5 nitrogen and oxygen atoms in total. The van der Waals surface area contributed by atoms with Crippen molar-refractivity contribution in [3.8, 4) is 5.75 Å². The zero-order chi connectivity index (χ0) is 20.3. The first-order chi connectivity index (χ1) is 14.8. The number of fused-ring (bicyclic) bond motifs is 3. The number of benzene rings is 2. The zero-order valence-corrected chi connectivity index (χ0v) is 17.3. The monoisotopic (exact) mass is 404 g/mol. The molecule has 1 aliphatic heterocycles. The van der Waals surface area contributed by atoms with Gasteiger partial charge in [0.05, 0.1) is 6.61 Å². The van der Waals surface area contributed by atoms with Crippen LogP contribution in [0.15, 0.2) is 57.7 Å². The molecule has 0 N–H and O–H groups in total. The third-order valence-corrected chi connectivity index (χ3v) is 6.33. The van der Waals surface area contributed by atoms with Crippen LogP contribution >= 0.6 is 0 Å². The third-order valence-electron chi connectivity index (χ3n) is 6.33. The minimum Gasteiger partial charge on any atom is -0.493 e. The maximum absolute atomic E-state index is 12.2. The first kappa shape index (κ1) is 19.2. The smallest absolute Gasteiger partial charge is 0.339 e. The molecule has 1 aromatic heterocycles. The molecule has 5 heteroatoms. The van der Waals surface area contributed by atoms with Crippen LogP contribution in [0.4, 0.5) is 5.69 Å². The predicted octanol–water partition coefficient (Wildman–Crippen LogP) is 3.87. The quantitative estimate of drug-likeness (QED) is 0.461. The number of anilines is 1. The molecule has 5 rings (SSSR count). The Morgan fingerprint density at radius 1 is 0.933 bits per heavy atom. The second-order valence-electron chi connectivity index (χ2n) is 8.22. The number of nitrogens with zero attached hydrogens (tertiary/aromatic N) is 2. The van der Waals surface area contributed by atoms with E-state index in [9.17, 15) is 4.79 Å². The van der Waals surface area contributed by atoms with Crippen LogP contribution in [0.3, 0.4) is 0 Å². The fourth-order valence-corrected chi connectivity index (χ4v) is 4.70. The van der Waals surface area contributed by atoms with Crippen molar-refractivity contribution in [2.24, 2.45) is 0 Å². The van der Waals surface area contributed by atoms with Crippen molar-refractivity contribution in [1.82, 2.24) is 4.90 Å². The summed E-state index contributed by atoms with van der Waals surface area (Å²) in [6.45, 7) is 6.01. The van der Waals surface area contributed by atoms with Crippen LogP contribution in [-0.4, -0.2) is 44.2 Å². The van der Waals surface area contributed by atoms with Gasteiger partial charge in [-0.25, -0.2) is 4.79 Å². The van der Waals surface area contributed by atoms with E-state index in [1.807, 2.05) is 18.2 Å². The second-order valence-corrected chi connectivity index (χ2v) is 8.22. The highest BCUT2D eigenvalue weighted by atomic mass is 16.5. The Balaban J connectivity index is 1.11. The standard InChI is InChI=1S/C25H28N2O3/c28-25-23-9-4-8-21(23)22-11-10-20(18-24(22)30-25)29-17-5-12-26-13-15-27(16-14-26)19-6-2-1-3-7-19/h1-3,6-7,10-11,18H,4-5,8-9,12-17H2. The molecule has 2 heterocycles. The Morgan fingerprint density at radius 3 is 2.57 bits per heavy atom. The average Bonchev–Trinajstić information content (AvgIpc) is 3.29. The Bertz CT molecular complexity index is 1070. The number of hydrogen-bond donors (Lipinski definition) is 0. The van der Waals surface area contributed by atoms with Gasteiger partial charge in [-0.1, -0.05) is 18.2 Å². The molecule has 0 atom stereocenters. The molecule has 156 valence electrons. The van der Waals surface area contributed by atoms with E-state index in [1.165, 1.54) is 11.3 Å². The molecule has 0 bridgehead atoms. The number of para-hydroxylation sites is 1. The van der Waals surface area contributed by atoms with Crippen molar-refractivity contribution in [2.75, 3.05) is 44.2 Å². The molecule has 0 saturated carbocycles. The van der Waals surface area contributed by atoms with Crippen LogP contribution in [0.25, 0.3) is 11.0 Å². The first-order valence-corrected chi connectivity index (χ1v) is 11.0. The summed E-state index contributed by atoms with van der Waals surface area (Å²) in [6.07, 6.45) is 3.83. The molecule has 0 unspecified atom stereocenters. The molecule has 0 spiro atoms. The van der Waals surface area contributed by atoms with E-state index in [2.05, 4.69) is 40.1 Å². The van der Waals surface area contributed by atoms with Gasteiger partial charge in [-0.05, 0) is 55.5 Å². The van der Waals surface area contributed by atoms with Gasteiger partial charge < -0.3 is 14.1 Å². The van der Waals surface area contributed by atoms with Crippen molar-refractivity contribution in [3.63, 3.8) is 0 Å². The highest BCUT2D eigenvalue weighted by Crippen LogP contribution is 2.29. The molecular weight excluding hydrogens is 376 g/mol. The molecule has 3 aromatic rings. The van der Waals surface area contributed by atoms with Crippen LogP contribution in [0.1, 0.15) is 24.0 Å². The van der Waals surface area contributed by atoms with Crippen LogP contribution in [0, 0.1) is 0 Å². The summed E-state index contributed by atoms with van der Waals surface area (Å²) in [7, 11) is 0. The summed E-state index contributed by atoms with van der Waals surface area (Å²) in [5, 5.41) is 1.06. The minimum atomic E-state index is -0.179. The largest absolute Gasteiger partial charge is 0.493 e. The van der Waals surface area contributed by atoms with Gasteiger partial charge in [0.25, 0.3) is 0 Å². The lowest BCUT2D eigenvalue weighted by molar-refractivity contribution is 0.225. The summed E-state index contributed by atoms with van der Waals surface area (Å²) >= 11 is 0. The topological polar surface area (TPSA) is 45.9 Å². The summed E-state index contributed by atoms with van der Waals surface area (Å²) in [6, 6.07) is 16.5. The summed E-state index contributed by atoms with van der Waals surface area (Å²) in [5.74, 6) is 0.775. The van der Waals surface area contributed by atoms with Crippen molar-refractivity contribution in [2.45, 2.75) is 25.7 Å². The number of rotatable bonds is 6. The SMILES string of the molecule is O=c1oc2cc(OCCCN3CCN(c4ccccc4)CC3)ccc2c2c1CCC2. The Labute approximate surface area is 176 Å². The number of piperazine rings is 1. The van der Waals surface area contributed by atoms with Crippen LogP contribution < -0.4 is 15.3 Å². The van der Waals surface area contributed by atoms with E-state index in [4.69, 9.17) is 9.15 Å². The maximum atomic E-state index is 12.2. The van der Waals surface area contributed by atoms with Crippen molar-refractivity contribution in [3.05, 3.63) is 70.1 Å². The molecule has 1 saturated heterocycles. The van der Waals surface area contributed by atoms with Crippen molar-refractivity contribution < 1.29 is 9.15 Å². The number of ether oxygens (including phenoxy) is 1. The average molecular weight is 405 g/mol. The molecule has 30 heavy (non-hydrogen) atoms. The van der Waals surface area contributed by atoms with Crippen molar-refractivity contribution in [1.29, 1.82) is 0 Å². The van der Waals surface area contributed by atoms with Gasteiger partial charge in [0.1, 0.15) is 11.3 Å². The van der Waals surface area contributed by atoms with E-state index in [-0.39, 0.29) is 5.63 Å². The van der Waals surface area contributed by atoms with Gasteiger partial charge in [0.2, 0.25) is 0 Å².